The maximum atomic E-state index is 14.3. The highest BCUT2D eigenvalue weighted by atomic mass is 35.5. The van der Waals surface area contributed by atoms with Gasteiger partial charge in [-0.1, -0.05) is 76.2 Å². The van der Waals surface area contributed by atoms with Crippen LogP contribution in [0.25, 0.3) is 0 Å². The third kappa shape index (κ3) is 19.4. The molecular formula is C58H49Cl5F3N9O17S3. The molecule has 1 aliphatic heterocycles. The molecule has 1 saturated carbocycles. The molecule has 502 valence electrons. The maximum absolute atomic E-state index is 14.3. The first-order valence-corrected chi connectivity index (χ1v) is 33.0. The van der Waals surface area contributed by atoms with E-state index in [0.29, 0.717) is 31.3 Å². The van der Waals surface area contributed by atoms with Gasteiger partial charge in [0, 0.05) is 61.0 Å². The number of para-hydroxylation sites is 2. The lowest BCUT2D eigenvalue weighted by Gasteiger charge is -2.21. The summed E-state index contributed by atoms with van der Waals surface area (Å²) in [6.07, 6.45) is 3.55. The molecule has 1 unspecified atom stereocenters. The average molecular weight is 1470 g/mol. The van der Waals surface area contributed by atoms with Crippen molar-refractivity contribution < 1.29 is 87.8 Å². The van der Waals surface area contributed by atoms with Gasteiger partial charge in [-0.25, -0.2) is 21.2 Å². The number of aromatic hydroxyl groups is 1. The van der Waals surface area contributed by atoms with E-state index < -0.39 is 94.3 Å². The smallest absolute Gasteiger partial charge is 0.355 e. The van der Waals surface area contributed by atoms with E-state index in [-0.39, 0.29) is 117 Å². The number of sulfone groups is 1. The molecule has 2 aromatic heterocycles. The van der Waals surface area contributed by atoms with Crippen molar-refractivity contribution in [3.8, 4) is 23.8 Å². The van der Waals surface area contributed by atoms with E-state index in [4.69, 9.17) is 82.2 Å². The SMILES string of the molecule is COc1nc(OC)nc(C(=O)c2cccc(F)c2N(C)S(=O)(=O)C(F)F)n1.CS(=O)(=O)c1ccc(C(=O)C2C(=O)CCCC2=O)c(Cl)c1COCC1CCCO1.N#Cc1ccccc1NC(=O)c1snc(Cl)c1Cl.O=C(Nc1ccc([N+](=O)[O-])cc1Cl)c1cc(Cl)ccc1O. The maximum Gasteiger partial charge on any atom is 0.355 e. The minimum atomic E-state index is -5.21. The minimum absolute atomic E-state index is 0.00408. The number of phenolic OH excluding ortho intramolecular Hbond substituents is 1. The number of alkyl halides is 2. The summed E-state index contributed by atoms with van der Waals surface area (Å²) in [5.41, 5.74) is -0.564. The number of methoxy groups -OCH3 is 2. The predicted molar refractivity (Wildman–Crippen MR) is 341 cm³/mol. The molecule has 3 N–H and O–H groups in total. The van der Waals surface area contributed by atoms with Crippen molar-refractivity contribution in [1.82, 2.24) is 19.3 Å². The standard InChI is InChI=1S/C20H23ClO7S.C14H13F3N4O5S.C13H8Cl2N2O4.C11H5Cl2N3OS/c1-29(25,26)17-8-7-13(20(24)18-15(22)5-2-6-16(18)23)19(21)14(17)11-27-10-12-4-3-9-28-12;1-21(27(23,24)12(16)17)9-7(5-4-6-8(9)15)10(22)11-18-13(25-2)20-14(19-11)26-3;14-7-1-4-12(18)9(5-7)13(19)16-11-3-2-8(17(20)21)6-10(11)15;12-8-9(18-16-10(8)13)11(17)15-7-4-2-1-3-6(7)5-14/h7-8,12,18H,2-6,9-11H2,1H3;4-6,12H,1-3H3;1-6,18H,(H,16,19);1-4H,(H,15,17). The third-order valence-corrected chi connectivity index (χ3v) is 18.6. The molecule has 0 spiro atoms. The summed E-state index contributed by atoms with van der Waals surface area (Å²) in [5.74, 6) is -10.9. The summed E-state index contributed by atoms with van der Waals surface area (Å²) >= 11 is 30.4. The number of phenols is 1. The molecule has 2 aliphatic rings. The molecular weight excluding hydrogens is 1430 g/mol. The molecule has 26 nitrogen and oxygen atoms in total. The van der Waals surface area contributed by atoms with Crippen LogP contribution in [0.2, 0.25) is 25.2 Å². The number of carbonyl (C=O) groups excluding carboxylic acids is 6. The number of aromatic nitrogens is 4. The molecule has 1 atom stereocenters. The Hall–Kier alpha value is -8.49. The van der Waals surface area contributed by atoms with E-state index in [1.165, 1.54) is 56.7 Å². The highest BCUT2D eigenvalue weighted by Crippen LogP contribution is 2.35. The summed E-state index contributed by atoms with van der Waals surface area (Å²) < 4.78 is 112. The number of nitrogens with zero attached hydrogens (tertiary/aromatic N) is 7. The number of ketones is 4. The van der Waals surface area contributed by atoms with Crippen LogP contribution in [0.1, 0.15) is 89.8 Å². The number of benzene rings is 5. The van der Waals surface area contributed by atoms with Crippen LogP contribution >= 0.6 is 69.5 Å². The van der Waals surface area contributed by atoms with Gasteiger partial charge in [0.25, 0.3) is 27.5 Å². The highest BCUT2D eigenvalue weighted by Gasteiger charge is 2.39. The number of carbonyl (C=O) groups is 6. The number of hydrogen-bond donors (Lipinski definition) is 3. The molecule has 9 rings (SSSR count). The minimum Gasteiger partial charge on any atom is -0.507 e. The highest BCUT2D eigenvalue weighted by molar-refractivity contribution is 7.93. The number of hydrogen-bond acceptors (Lipinski definition) is 23. The zero-order valence-corrected chi connectivity index (χ0v) is 55.6. The number of nitrogens with one attached hydrogen (secondary N) is 2. The van der Waals surface area contributed by atoms with Gasteiger partial charge in [0.2, 0.25) is 11.6 Å². The molecule has 95 heavy (non-hydrogen) atoms. The largest absolute Gasteiger partial charge is 0.507 e. The van der Waals surface area contributed by atoms with Gasteiger partial charge in [0.1, 0.15) is 33.5 Å². The summed E-state index contributed by atoms with van der Waals surface area (Å²) in [7, 11) is -5.73. The Kier molecular flexibility index (Phi) is 26.8. The van der Waals surface area contributed by atoms with Crippen molar-refractivity contribution >= 4 is 147 Å². The number of amides is 2. The van der Waals surface area contributed by atoms with E-state index in [1.807, 2.05) is 6.07 Å². The van der Waals surface area contributed by atoms with Crippen LogP contribution in [0.5, 0.6) is 17.8 Å². The van der Waals surface area contributed by atoms with E-state index in [2.05, 4.69) is 30.0 Å². The van der Waals surface area contributed by atoms with Crippen LogP contribution in [0, 0.1) is 33.2 Å². The van der Waals surface area contributed by atoms with E-state index in [0.717, 1.165) is 54.9 Å². The first kappa shape index (κ1) is 75.5. The molecule has 0 bridgehead atoms. The molecule has 1 saturated heterocycles. The van der Waals surface area contributed by atoms with Crippen molar-refractivity contribution in [2.24, 2.45) is 5.92 Å². The number of rotatable bonds is 19. The number of anilines is 3. The van der Waals surface area contributed by atoms with Gasteiger partial charge in [-0.15, -0.1) is 4.98 Å². The second-order valence-electron chi connectivity index (χ2n) is 19.5. The van der Waals surface area contributed by atoms with Crippen LogP contribution in [-0.2, 0) is 45.5 Å². The molecule has 2 amide bonds. The van der Waals surface area contributed by atoms with Gasteiger partial charge < -0.3 is 34.7 Å². The van der Waals surface area contributed by atoms with Crippen LogP contribution in [0.4, 0.5) is 35.9 Å². The van der Waals surface area contributed by atoms with E-state index >= 15 is 0 Å². The summed E-state index contributed by atoms with van der Waals surface area (Å²) in [6.45, 7) is 0.808. The van der Waals surface area contributed by atoms with Crippen LogP contribution < -0.4 is 24.4 Å². The lowest BCUT2D eigenvalue weighted by molar-refractivity contribution is -0.384. The van der Waals surface area contributed by atoms with Crippen molar-refractivity contribution in [2.75, 3.05) is 55.7 Å². The fourth-order valence-electron chi connectivity index (χ4n) is 8.57. The van der Waals surface area contributed by atoms with Gasteiger partial charge in [-0.2, -0.15) is 28.4 Å². The molecule has 7 aromatic rings. The van der Waals surface area contributed by atoms with Crippen molar-refractivity contribution in [3.63, 3.8) is 0 Å². The number of Topliss-reactive ketones (excluding diaryl/α,β-unsaturated/α-hetero) is 3. The van der Waals surface area contributed by atoms with Crippen molar-refractivity contribution in [1.29, 1.82) is 5.26 Å². The Morgan fingerprint density at radius 1 is 0.842 bits per heavy atom. The number of halogens is 8. The topological polar surface area (TPSA) is 374 Å². The lowest BCUT2D eigenvalue weighted by Crippen LogP contribution is -2.35. The molecule has 0 radical (unpaired) electrons. The average Bonchev–Trinajstić information content (AvgIpc) is 1.29. The van der Waals surface area contributed by atoms with Crippen LogP contribution in [0.3, 0.4) is 0 Å². The van der Waals surface area contributed by atoms with Crippen molar-refractivity contribution in [3.05, 3.63) is 171 Å². The second kappa shape index (κ2) is 33.8. The summed E-state index contributed by atoms with van der Waals surface area (Å²) in [6, 6.07) is 21.2. The Balaban J connectivity index is 0.000000204. The fraction of sp³-hybridized carbons (Fsp3) is 0.259. The van der Waals surface area contributed by atoms with Crippen LogP contribution in [-0.4, -0.2) is 134 Å². The number of nitro benzene ring substituents is 1. The monoisotopic (exact) mass is 1470 g/mol. The Bertz CT molecular complexity index is 4360. The van der Waals surface area contributed by atoms with Gasteiger partial charge >= 0.3 is 17.8 Å². The Labute approximate surface area is 567 Å². The molecule has 1 aliphatic carbocycles. The fourth-order valence-corrected chi connectivity index (χ4v) is 12.0. The normalized spacial score (nSPS) is 13.7. The number of nitro groups is 1. The molecule has 5 aromatic carbocycles. The number of nitriles is 1. The zero-order valence-electron chi connectivity index (χ0n) is 49.4. The zero-order chi connectivity index (χ0) is 70.2. The first-order valence-electron chi connectivity index (χ1n) is 26.9. The van der Waals surface area contributed by atoms with E-state index in [1.54, 1.807) is 24.3 Å². The number of ether oxygens (including phenoxy) is 4. The number of sulfonamides is 1. The first-order chi connectivity index (χ1) is 44.8. The van der Waals surface area contributed by atoms with Gasteiger partial charge in [-0.3, -0.25) is 43.2 Å². The quantitative estimate of drug-likeness (QED) is 0.0293. The number of non-ortho nitro benzene ring substituents is 1. The lowest BCUT2D eigenvalue weighted by atomic mass is 9.81. The van der Waals surface area contributed by atoms with Crippen molar-refractivity contribution in [2.45, 2.75) is 55.5 Å². The van der Waals surface area contributed by atoms with Gasteiger partial charge in [0.15, 0.2) is 32.3 Å². The molecule has 2 fully saturated rings. The van der Waals surface area contributed by atoms with Gasteiger partial charge in [-0.05, 0) is 91.5 Å². The molecule has 37 heteroatoms. The summed E-state index contributed by atoms with van der Waals surface area (Å²) in [4.78, 5) is 95.1. The Morgan fingerprint density at radius 3 is 2.06 bits per heavy atom. The Morgan fingerprint density at radius 2 is 1.49 bits per heavy atom. The van der Waals surface area contributed by atoms with Gasteiger partial charge in [0.05, 0.1) is 87.2 Å². The molecule has 3 heterocycles. The van der Waals surface area contributed by atoms with Crippen LogP contribution in [0.15, 0.2) is 95.9 Å². The van der Waals surface area contributed by atoms with E-state index in [9.17, 15) is 74.0 Å². The third-order valence-electron chi connectivity index (χ3n) is 13.2. The summed E-state index contributed by atoms with van der Waals surface area (Å²) in [5, 5.41) is 34.6. The predicted octanol–water partition coefficient (Wildman–Crippen LogP) is 11.2. The second-order valence-corrected chi connectivity index (χ2v) is 26.2.